The molecule has 10 heteroatoms. The first kappa shape index (κ1) is 19.3. The van der Waals surface area contributed by atoms with E-state index in [1.807, 2.05) is 31.2 Å². The first-order valence-corrected chi connectivity index (χ1v) is 8.43. The van der Waals surface area contributed by atoms with Crippen LogP contribution in [0.2, 0.25) is 0 Å². The fourth-order valence-corrected chi connectivity index (χ4v) is 1.67. The molecule has 2 aromatic rings. The molecule has 5 N–H and O–H groups in total. The van der Waals surface area contributed by atoms with Crippen molar-refractivity contribution >= 4 is 22.0 Å². The van der Waals surface area contributed by atoms with Crippen molar-refractivity contribution in [3.63, 3.8) is 0 Å². The third-order valence-electron chi connectivity index (χ3n) is 2.49. The first-order valence-electron chi connectivity index (χ1n) is 6.58. The lowest BCUT2D eigenvalue weighted by molar-refractivity contribution is 0.0997. The highest BCUT2D eigenvalue weighted by atomic mass is 32.2. The molecule has 0 aliphatic heterocycles. The molecule has 24 heavy (non-hydrogen) atoms. The largest absolute Gasteiger partial charge is 0.441 e. The van der Waals surface area contributed by atoms with Gasteiger partial charge in [0, 0.05) is 5.56 Å². The van der Waals surface area contributed by atoms with E-state index in [2.05, 4.69) is 9.98 Å². The molecule has 0 saturated heterocycles. The van der Waals surface area contributed by atoms with Gasteiger partial charge in [-0.3, -0.25) is 9.35 Å². The van der Waals surface area contributed by atoms with E-state index in [9.17, 15) is 13.2 Å². The SMILES string of the molecule is CS(=O)(=O)O.Cc1cccc(-c2nc(C(=O)N=C(N)N)c(C)o2)c1. The average molecular weight is 354 g/mol. The number of aliphatic imine (C=N–C) groups is 1. The zero-order valence-electron chi connectivity index (χ0n) is 13.3. The van der Waals surface area contributed by atoms with Crippen LogP contribution in [0.15, 0.2) is 33.7 Å². The number of oxazole rings is 1. The van der Waals surface area contributed by atoms with Gasteiger partial charge in [-0.1, -0.05) is 17.7 Å². The van der Waals surface area contributed by atoms with Gasteiger partial charge in [-0.15, -0.1) is 0 Å². The van der Waals surface area contributed by atoms with E-state index in [1.54, 1.807) is 6.92 Å². The summed E-state index contributed by atoms with van der Waals surface area (Å²) in [6.07, 6.45) is 0.715. The molecule has 0 bridgehead atoms. The van der Waals surface area contributed by atoms with Crippen LogP contribution in [0.3, 0.4) is 0 Å². The minimum atomic E-state index is -3.67. The highest BCUT2D eigenvalue weighted by Crippen LogP contribution is 2.22. The monoisotopic (exact) mass is 354 g/mol. The van der Waals surface area contributed by atoms with E-state index >= 15 is 0 Å². The zero-order valence-corrected chi connectivity index (χ0v) is 14.2. The molecule has 0 unspecified atom stereocenters. The topological polar surface area (TPSA) is 162 Å². The highest BCUT2D eigenvalue weighted by Gasteiger charge is 2.17. The fraction of sp³-hybridized carbons (Fsp3) is 0.214. The van der Waals surface area contributed by atoms with Gasteiger partial charge in [0.05, 0.1) is 6.26 Å². The van der Waals surface area contributed by atoms with Crippen LogP contribution in [0.25, 0.3) is 11.5 Å². The lowest BCUT2D eigenvalue weighted by Crippen LogP contribution is -2.24. The summed E-state index contributed by atoms with van der Waals surface area (Å²) in [5.41, 5.74) is 12.3. The lowest BCUT2D eigenvalue weighted by Gasteiger charge is -1.96. The van der Waals surface area contributed by atoms with E-state index in [0.717, 1.165) is 11.1 Å². The second-order valence-electron chi connectivity index (χ2n) is 4.87. The summed E-state index contributed by atoms with van der Waals surface area (Å²) in [6, 6.07) is 7.62. The second-order valence-corrected chi connectivity index (χ2v) is 6.33. The summed E-state index contributed by atoms with van der Waals surface area (Å²) in [5, 5.41) is 0. The number of benzene rings is 1. The van der Waals surface area contributed by atoms with Crippen molar-refractivity contribution in [2.75, 3.05) is 6.26 Å². The Morgan fingerprint density at radius 2 is 1.88 bits per heavy atom. The molecule has 130 valence electrons. The van der Waals surface area contributed by atoms with Crippen LogP contribution in [-0.4, -0.2) is 36.1 Å². The van der Waals surface area contributed by atoms with Crippen molar-refractivity contribution in [3.05, 3.63) is 41.3 Å². The quantitative estimate of drug-likeness (QED) is 0.406. The van der Waals surface area contributed by atoms with Gasteiger partial charge in [-0.25, -0.2) is 4.98 Å². The predicted octanol–water partition coefficient (Wildman–Crippen LogP) is 0.876. The number of nitrogens with zero attached hydrogens (tertiary/aromatic N) is 2. The molecule has 0 fully saturated rings. The Morgan fingerprint density at radius 3 is 2.38 bits per heavy atom. The summed E-state index contributed by atoms with van der Waals surface area (Å²) < 4.78 is 31.3. The standard InChI is InChI=1S/C13H14N4O2.CH4O3S/c1-7-4-3-5-9(6-7)12-16-10(8(2)19-12)11(18)17-13(14)15;1-5(2,3)4/h3-6H,1-2H3,(H4,14,15,17,18);1H3,(H,2,3,4). The Bertz CT molecular complexity index is 859. The van der Waals surface area contributed by atoms with Crippen molar-refractivity contribution in [1.29, 1.82) is 0 Å². The molecule has 1 heterocycles. The fourth-order valence-electron chi connectivity index (χ4n) is 1.67. The molecule has 9 nitrogen and oxygen atoms in total. The molecule has 0 saturated carbocycles. The molecular formula is C14H18N4O5S. The lowest BCUT2D eigenvalue weighted by atomic mass is 10.1. The van der Waals surface area contributed by atoms with Crippen LogP contribution in [0, 0.1) is 13.8 Å². The first-order chi connectivity index (χ1) is 11.0. The Balaban J connectivity index is 0.000000505. The van der Waals surface area contributed by atoms with Crippen LogP contribution in [0.4, 0.5) is 0 Å². The maximum Gasteiger partial charge on any atom is 0.302 e. The number of hydrogen-bond acceptors (Lipinski definition) is 5. The van der Waals surface area contributed by atoms with E-state index in [1.165, 1.54) is 0 Å². The third-order valence-corrected chi connectivity index (χ3v) is 2.49. The van der Waals surface area contributed by atoms with Gasteiger partial charge in [-0.05, 0) is 26.0 Å². The number of guanidine groups is 1. The number of rotatable bonds is 2. The molecule has 1 aromatic carbocycles. The van der Waals surface area contributed by atoms with E-state index in [4.69, 9.17) is 20.4 Å². The number of carbonyl (C=O) groups excluding carboxylic acids is 1. The number of aryl methyl sites for hydroxylation is 2. The van der Waals surface area contributed by atoms with Gasteiger partial charge >= 0.3 is 5.91 Å². The van der Waals surface area contributed by atoms with Crippen molar-refractivity contribution in [3.8, 4) is 11.5 Å². The molecule has 1 aromatic heterocycles. The number of hydrogen-bond donors (Lipinski definition) is 3. The van der Waals surface area contributed by atoms with Gasteiger partial charge in [-0.2, -0.15) is 13.4 Å². The molecule has 0 aliphatic rings. The third kappa shape index (κ3) is 6.58. The summed E-state index contributed by atoms with van der Waals surface area (Å²) in [7, 11) is -3.67. The maximum atomic E-state index is 11.7. The molecule has 2 rings (SSSR count). The van der Waals surface area contributed by atoms with Crippen molar-refractivity contribution in [1.82, 2.24) is 4.98 Å². The Morgan fingerprint density at radius 1 is 1.29 bits per heavy atom. The predicted molar refractivity (Wildman–Crippen MR) is 89.0 cm³/mol. The van der Waals surface area contributed by atoms with Gasteiger partial charge in [0.2, 0.25) is 5.89 Å². The number of amides is 1. The van der Waals surface area contributed by atoms with Crippen LogP contribution in [0.5, 0.6) is 0 Å². The van der Waals surface area contributed by atoms with Crippen LogP contribution >= 0.6 is 0 Å². The molecule has 0 spiro atoms. The Hall–Kier alpha value is -2.72. The molecule has 1 amide bonds. The summed E-state index contributed by atoms with van der Waals surface area (Å²) in [4.78, 5) is 19.3. The Labute approximate surface area is 139 Å². The van der Waals surface area contributed by atoms with E-state index in [-0.39, 0.29) is 11.7 Å². The average Bonchev–Trinajstić information content (AvgIpc) is 2.78. The van der Waals surface area contributed by atoms with Crippen molar-refractivity contribution < 1.29 is 22.2 Å². The van der Waals surface area contributed by atoms with Gasteiger partial charge in [0.1, 0.15) is 5.76 Å². The van der Waals surface area contributed by atoms with Crippen LogP contribution < -0.4 is 11.5 Å². The molecular weight excluding hydrogens is 336 g/mol. The normalized spacial score (nSPS) is 10.5. The van der Waals surface area contributed by atoms with E-state index in [0.29, 0.717) is 17.9 Å². The molecule has 0 atom stereocenters. The number of nitrogens with two attached hydrogens (primary N) is 2. The van der Waals surface area contributed by atoms with Gasteiger partial charge < -0.3 is 15.9 Å². The summed E-state index contributed by atoms with van der Waals surface area (Å²) in [5.74, 6) is -0.161. The summed E-state index contributed by atoms with van der Waals surface area (Å²) in [6.45, 7) is 3.60. The minimum Gasteiger partial charge on any atom is -0.441 e. The molecule has 0 radical (unpaired) electrons. The second kappa shape index (κ2) is 7.70. The van der Waals surface area contributed by atoms with Gasteiger partial charge in [0.25, 0.3) is 10.1 Å². The highest BCUT2D eigenvalue weighted by molar-refractivity contribution is 7.85. The van der Waals surface area contributed by atoms with E-state index < -0.39 is 16.0 Å². The van der Waals surface area contributed by atoms with Crippen molar-refractivity contribution in [2.24, 2.45) is 16.5 Å². The number of carbonyl (C=O) groups is 1. The van der Waals surface area contributed by atoms with Gasteiger partial charge in [0.15, 0.2) is 11.7 Å². The Kier molecular flexibility index (Phi) is 6.20. The smallest absolute Gasteiger partial charge is 0.302 e. The maximum absolute atomic E-state index is 11.7. The van der Waals surface area contributed by atoms with Crippen LogP contribution in [-0.2, 0) is 10.1 Å². The summed E-state index contributed by atoms with van der Waals surface area (Å²) >= 11 is 0. The minimum absolute atomic E-state index is 0.116. The van der Waals surface area contributed by atoms with Crippen LogP contribution in [0.1, 0.15) is 21.8 Å². The molecule has 0 aliphatic carbocycles. The number of aromatic nitrogens is 1. The van der Waals surface area contributed by atoms with Crippen molar-refractivity contribution in [2.45, 2.75) is 13.8 Å². The zero-order chi connectivity index (χ0) is 18.5.